The van der Waals surface area contributed by atoms with Gasteiger partial charge in [-0.15, -0.1) is 0 Å². The summed E-state index contributed by atoms with van der Waals surface area (Å²) in [5, 5.41) is 12.8. The maximum absolute atomic E-state index is 13.7. The molecule has 0 aliphatic carbocycles. The van der Waals surface area contributed by atoms with Crippen molar-refractivity contribution >= 4 is 29.3 Å². The normalized spacial score (nSPS) is 16.7. The molecule has 1 aliphatic heterocycles. The van der Waals surface area contributed by atoms with Gasteiger partial charge >= 0.3 is 0 Å². The van der Waals surface area contributed by atoms with E-state index in [4.69, 9.17) is 0 Å². The summed E-state index contributed by atoms with van der Waals surface area (Å²) >= 11 is 1.29. The lowest BCUT2D eigenvalue weighted by atomic mass is 10.0. The molecule has 1 unspecified atom stereocenters. The summed E-state index contributed by atoms with van der Waals surface area (Å²) in [6.45, 7) is 6.32. The molecule has 0 aromatic heterocycles. The molecule has 5 nitrogen and oxygen atoms in total. The summed E-state index contributed by atoms with van der Waals surface area (Å²) in [7, 11) is 0. The van der Waals surface area contributed by atoms with Crippen molar-refractivity contribution in [2.75, 3.05) is 4.90 Å². The van der Waals surface area contributed by atoms with Crippen LogP contribution >= 0.6 is 11.8 Å². The molecule has 35 heavy (non-hydrogen) atoms. The average molecular weight is 482 g/mol. The average Bonchev–Trinajstić information content (AvgIpc) is 3.17. The number of aryl methyl sites for hydroxylation is 3. The zero-order valence-electron chi connectivity index (χ0n) is 20.0. The number of carbonyl (C=O) groups is 2. The third kappa shape index (κ3) is 5.31. The number of carbonyl (C=O) groups excluding carboxylic acids is 2. The molecule has 0 spiro atoms. The van der Waals surface area contributed by atoms with Crippen LogP contribution < -0.4 is 10.2 Å². The molecule has 2 amide bonds. The highest BCUT2D eigenvalue weighted by Gasteiger charge is 2.41. The van der Waals surface area contributed by atoms with Crippen LogP contribution in [0, 0.1) is 32.1 Å². The topological polar surface area (TPSA) is 73.2 Å². The van der Waals surface area contributed by atoms with Crippen molar-refractivity contribution in [3.63, 3.8) is 0 Å². The highest BCUT2D eigenvalue weighted by molar-refractivity contribution is 8.05. The number of nitriles is 1. The highest BCUT2D eigenvalue weighted by Crippen LogP contribution is 2.42. The van der Waals surface area contributed by atoms with Gasteiger partial charge in [0.15, 0.2) is 0 Å². The third-order valence-electron chi connectivity index (χ3n) is 6.22. The molecule has 6 heteroatoms. The fourth-order valence-corrected chi connectivity index (χ4v) is 5.29. The van der Waals surface area contributed by atoms with Gasteiger partial charge in [-0.1, -0.05) is 72.4 Å². The highest BCUT2D eigenvalue weighted by atomic mass is 32.2. The Morgan fingerprint density at radius 3 is 2.37 bits per heavy atom. The Morgan fingerprint density at radius 2 is 1.69 bits per heavy atom. The van der Waals surface area contributed by atoms with E-state index in [9.17, 15) is 14.9 Å². The first-order chi connectivity index (χ1) is 16.9. The molecule has 3 aromatic carbocycles. The van der Waals surface area contributed by atoms with E-state index >= 15 is 0 Å². The Bertz CT molecular complexity index is 1340. The second kappa shape index (κ2) is 10.6. The first-order valence-electron chi connectivity index (χ1n) is 11.5. The number of nitrogens with one attached hydrogen (secondary N) is 1. The van der Waals surface area contributed by atoms with Crippen molar-refractivity contribution in [3.8, 4) is 6.07 Å². The summed E-state index contributed by atoms with van der Waals surface area (Å²) in [5.74, 6) is -0.614. The van der Waals surface area contributed by atoms with E-state index in [0.29, 0.717) is 23.7 Å². The van der Waals surface area contributed by atoms with Gasteiger partial charge in [-0.25, -0.2) is 0 Å². The summed E-state index contributed by atoms with van der Waals surface area (Å²) in [4.78, 5) is 28.3. The van der Waals surface area contributed by atoms with Crippen molar-refractivity contribution in [2.24, 2.45) is 0 Å². The van der Waals surface area contributed by atoms with Crippen LogP contribution in [0.15, 0.2) is 83.4 Å². The van der Waals surface area contributed by atoms with Crippen LogP contribution in [0.5, 0.6) is 0 Å². The lowest BCUT2D eigenvalue weighted by molar-refractivity contribution is -0.117. The summed E-state index contributed by atoms with van der Waals surface area (Å²) < 4.78 is 0. The van der Waals surface area contributed by atoms with Crippen molar-refractivity contribution in [2.45, 2.75) is 39.0 Å². The minimum atomic E-state index is -0.489. The molecular formula is C29H27N3O2S. The van der Waals surface area contributed by atoms with Gasteiger partial charge in [0.25, 0.3) is 5.91 Å². The molecule has 1 aliphatic rings. The largest absolute Gasteiger partial charge is 0.347 e. The minimum absolute atomic E-state index is 0.0511. The third-order valence-corrected chi connectivity index (χ3v) is 7.48. The van der Waals surface area contributed by atoms with Gasteiger partial charge in [0.1, 0.15) is 16.7 Å². The van der Waals surface area contributed by atoms with E-state index in [1.165, 1.54) is 11.8 Å². The molecule has 0 bridgehead atoms. The molecule has 1 atom stereocenters. The summed E-state index contributed by atoms with van der Waals surface area (Å²) in [6.07, 6.45) is 0.519. The number of hydrogen-bond acceptors (Lipinski definition) is 4. The fourth-order valence-electron chi connectivity index (χ4n) is 3.99. The quantitative estimate of drug-likeness (QED) is 0.380. The zero-order valence-corrected chi connectivity index (χ0v) is 20.9. The predicted octanol–water partition coefficient (Wildman–Crippen LogP) is 5.35. The van der Waals surface area contributed by atoms with Crippen LogP contribution in [0.1, 0.15) is 27.8 Å². The van der Waals surface area contributed by atoms with Crippen LogP contribution in [0.4, 0.5) is 5.69 Å². The second-order valence-electron chi connectivity index (χ2n) is 8.64. The van der Waals surface area contributed by atoms with Crippen LogP contribution in [0.2, 0.25) is 0 Å². The Morgan fingerprint density at radius 1 is 0.971 bits per heavy atom. The molecule has 3 aromatic rings. The van der Waals surface area contributed by atoms with Gasteiger partial charge in [-0.05, 0) is 67.1 Å². The molecule has 0 radical (unpaired) electrons. The van der Waals surface area contributed by atoms with Gasteiger partial charge in [-0.3, -0.25) is 14.5 Å². The summed E-state index contributed by atoms with van der Waals surface area (Å²) in [6, 6.07) is 25.3. The van der Waals surface area contributed by atoms with E-state index < -0.39 is 11.2 Å². The molecule has 1 saturated heterocycles. The van der Waals surface area contributed by atoms with Crippen LogP contribution in [0.25, 0.3) is 0 Å². The number of anilines is 1. The van der Waals surface area contributed by atoms with Crippen molar-refractivity contribution in [1.29, 1.82) is 5.26 Å². The van der Waals surface area contributed by atoms with Crippen LogP contribution in [-0.4, -0.2) is 17.1 Å². The number of hydrogen-bond donors (Lipinski definition) is 1. The molecule has 4 rings (SSSR count). The van der Waals surface area contributed by atoms with Crippen LogP contribution in [-0.2, 0) is 22.6 Å². The molecule has 1 N–H and O–H groups in total. The fraction of sp³-hybridized carbons (Fsp3) is 0.207. The van der Waals surface area contributed by atoms with E-state index in [1.807, 2.05) is 93.6 Å². The maximum atomic E-state index is 13.7. The first-order valence-corrected chi connectivity index (χ1v) is 12.4. The Labute approximate surface area is 210 Å². The Hall–Kier alpha value is -3.82. The molecular weight excluding hydrogens is 454 g/mol. The standard InChI is InChI=1S/C29H27N3O2S/c1-19-13-14-24(15-21(19)3)32-28(34)26(16-23-12-8-7-9-20(23)2)35-29(32)25(17-30)27(33)31-18-22-10-5-4-6-11-22/h4-15,26H,16,18H2,1-3H3,(H,31,33)/b29-25-. The second-order valence-corrected chi connectivity index (χ2v) is 9.83. The first kappa shape index (κ1) is 24.3. The lowest BCUT2D eigenvalue weighted by Crippen LogP contribution is -2.32. The van der Waals surface area contributed by atoms with Gasteiger partial charge in [0.05, 0.1) is 5.25 Å². The number of amides is 2. The Kier molecular flexibility index (Phi) is 7.38. The van der Waals surface area contributed by atoms with Gasteiger partial charge in [0, 0.05) is 12.2 Å². The molecule has 0 saturated carbocycles. The maximum Gasteiger partial charge on any atom is 0.264 e. The number of rotatable bonds is 6. The SMILES string of the molecule is Cc1ccc(N2C(=O)C(Cc3ccccc3C)S/C2=C(/C#N)C(=O)NCc2ccccc2)cc1C. The van der Waals surface area contributed by atoms with Gasteiger partial charge in [0.2, 0.25) is 5.91 Å². The summed E-state index contributed by atoms with van der Waals surface area (Å²) in [5.41, 5.74) is 5.87. The smallest absolute Gasteiger partial charge is 0.264 e. The van der Waals surface area contributed by atoms with E-state index in [2.05, 4.69) is 11.4 Å². The molecule has 1 heterocycles. The van der Waals surface area contributed by atoms with E-state index in [-0.39, 0.29) is 11.5 Å². The minimum Gasteiger partial charge on any atom is -0.347 e. The zero-order chi connectivity index (χ0) is 24.9. The van der Waals surface area contributed by atoms with E-state index in [1.54, 1.807) is 4.90 Å². The van der Waals surface area contributed by atoms with Crippen molar-refractivity contribution in [3.05, 3.63) is 111 Å². The van der Waals surface area contributed by atoms with Crippen molar-refractivity contribution < 1.29 is 9.59 Å². The number of nitrogens with zero attached hydrogens (tertiary/aromatic N) is 2. The predicted molar refractivity (Wildman–Crippen MR) is 141 cm³/mol. The Balaban J connectivity index is 1.71. The van der Waals surface area contributed by atoms with Crippen LogP contribution in [0.3, 0.4) is 0 Å². The molecule has 1 fully saturated rings. The van der Waals surface area contributed by atoms with E-state index in [0.717, 1.165) is 27.8 Å². The number of thioether (sulfide) groups is 1. The van der Waals surface area contributed by atoms with Crippen molar-refractivity contribution in [1.82, 2.24) is 5.32 Å². The monoisotopic (exact) mass is 481 g/mol. The lowest BCUT2D eigenvalue weighted by Gasteiger charge is -2.20. The molecule has 176 valence electrons. The van der Waals surface area contributed by atoms with Gasteiger partial charge in [-0.2, -0.15) is 5.26 Å². The number of benzene rings is 3. The van der Waals surface area contributed by atoms with Gasteiger partial charge < -0.3 is 5.32 Å².